The van der Waals surface area contributed by atoms with Crippen LogP contribution in [0.15, 0.2) is 30.3 Å². The monoisotopic (exact) mass is 338 g/mol. The summed E-state index contributed by atoms with van der Waals surface area (Å²) in [6.45, 7) is 4.10. The van der Waals surface area contributed by atoms with Crippen molar-refractivity contribution in [3.63, 3.8) is 0 Å². The molecule has 5 nitrogen and oxygen atoms in total. The SMILES string of the molecule is O=C(NCCN1CCCC1)[C@@H]1CCc2[nH]nc(-c3ccccc3)c2C1. The number of aromatic amines is 1. The van der Waals surface area contributed by atoms with Crippen molar-refractivity contribution in [2.45, 2.75) is 32.1 Å². The maximum Gasteiger partial charge on any atom is 0.223 e. The molecule has 2 heterocycles. The van der Waals surface area contributed by atoms with Crippen LogP contribution in [0.5, 0.6) is 0 Å². The van der Waals surface area contributed by atoms with Crippen molar-refractivity contribution >= 4 is 5.91 Å². The number of carbonyl (C=O) groups is 1. The average Bonchev–Trinajstić information content (AvgIpc) is 3.31. The third-order valence-corrected chi connectivity index (χ3v) is 5.49. The largest absolute Gasteiger partial charge is 0.355 e. The summed E-state index contributed by atoms with van der Waals surface area (Å²) in [5.74, 6) is 0.260. The van der Waals surface area contributed by atoms with Gasteiger partial charge in [0.05, 0.1) is 5.69 Å². The maximum atomic E-state index is 12.6. The number of carbonyl (C=O) groups excluding carboxylic acids is 1. The Morgan fingerprint density at radius 2 is 2.04 bits per heavy atom. The van der Waals surface area contributed by atoms with Crippen LogP contribution in [0.2, 0.25) is 0 Å². The molecular weight excluding hydrogens is 312 g/mol. The minimum absolute atomic E-state index is 0.0612. The molecule has 0 saturated carbocycles. The Balaban J connectivity index is 1.38. The fourth-order valence-corrected chi connectivity index (χ4v) is 4.04. The molecule has 2 aromatic rings. The number of nitrogens with zero attached hydrogens (tertiary/aromatic N) is 2. The molecule has 0 radical (unpaired) electrons. The lowest BCUT2D eigenvalue weighted by atomic mass is 9.85. The molecule has 5 heteroatoms. The lowest BCUT2D eigenvalue weighted by molar-refractivity contribution is -0.125. The molecule has 1 atom stereocenters. The van der Waals surface area contributed by atoms with Gasteiger partial charge in [-0.25, -0.2) is 0 Å². The van der Waals surface area contributed by atoms with Crippen molar-refractivity contribution in [3.8, 4) is 11.3 Å². The van der Waals surface area contributed by atoms with Crippen LogP contribution in [0, 0.1) is 5.92 Å². The number of hydrogen-bond acceptors (Lipinski definition) is 3. The molecule has 1 aliphatic heterocycles. The van der Waals surface area contributed by atoms with Crippen molar-refractivity contribution in [2.24, 2.45) is 5.92 Å². The number of amides is 1. The van der Waals surface area contributed by atoms with Gasteiger partial charge in [-0.2, -0.15) is 5.10 Å². The van der Waals surface area contributed by atoms with Crippen molar-refractivity contribution < 1.29 is 4.79 Å². The fourth-order valence-electron chi connectivity index (χ4n) is 4.04. The summed E-state index contributed by atoms with van der Waals surface area (Å²) in [4.78, 5) is 15.0. The third-order valence-electron chi connectivity index (χ3n) is 5.49. The number of likely N-dealkylation sites (tertiary alicyclic amines) is 1. The highest BCUT2D eigenvalue weighted by molar-refractivity contribution is 5.80. The van der Waals surface area contributed by atoms with Crippen LogP contribution in [0.25, 0.3) is 11.3 Å². The summed E-state index contributed by atoms with van der Waals surface area (Å²) in [7, 11) is 0. The highest BCUT2D eigenvalue weighted by atomic mass is 16.1. The highest BCUT2D eigenvalue weighted by Gasteiger charge is 2.28. The first-order chi connectivity index (χ1) is 12.3. The topological polar surface area (TPSA) is 61.0 Å². The molecule has 0 bridgehead atoms. The van der Waals surface area contributed by atoms with Crippen molar-refractivity contribution in [2.75, 3.05) is 26.2 Å². The molecule has 4 rings (SSSR count). The second-order valence-electron chi connectivity index (χ2n) is 7.17. The van der Waals surface area contributed by atoms with Crippen LogP contribution in [0.1, 0.15) is 30.5 Å². The number of nitrogens with one attached hydrogen (secondary N) is 2. The lowest BCUT2D eigenvalue weighted by Gasteiger charge is -2.22. The van der Waals surface area contributed by atoms with E-state index in [1.165, 1.54) is 37.2 Å². The Bertz CT molecular complexity index is 719. The van der Waals surface area contributed by atoms with Crippen LogP contribution in [-0.2, 0) is 17.6 Å². The number of H-pyrrole nitrogens is 1. The van der Waals surface area contributed by atoms with Crippen molar-refractivity contribution in [1.29, 1.82) is 0 Å². The molecule has 1 aliphatic carbocycles. The lowest BCUT2D eigenvalue weighted by Crippen LogP contribution is -2.38. The van der Waals surface area contributed by atoms with E-state index in [0.29, 0.717) is 0 Å². The minimum atomic E-state index is 0.0612. The summed E-state index contributed by atoms with van der Waals surface area (Å²) >= 11 is 0. The van der Waals surface area contributed by atoms with Crippen molar-refractivity contribution in [3.05, 3.63) is 41.6 Å². The predicted molar refractivity (Wildman–Crippen MR) is 98.2 cm³/mol. The van der Waals surface area contributed by atoms with Gasteiger partial charge < -0.3 is 10.2 Å². The van der Waals surface area contributed by atoms with E-state index in [2.05, 4.69) is 32.5 Å². The second kappa shape index (κ2) is 7.40. The number of fused-ring (bicyclic) bond motifs is 1. The van der Waals surface area contributed by atoms with Gasteiger partial charge in [0.25, 0.3) is 0 Å². The van der Waals surface area contributed by atoms with E-state index in [1.807, 2.05) is 18.2 Å². The van der Waals surface area contributed by atoms with E-state index in [1.54, 1.807) is 0 Å². The second-order valence-corrected chi connectivity index (χ2v) is 7.17. The summed E-state index contributed by atoms with van der Waals surface area (Å²) in [5.41, 5.74) is 4.54. The molecule has 0 spiro atoms. The molecule has 132 valence electrons. The summed E-state index contributed by atoms with van der Waals surface area (Å²) < 4.78 is 0. The van der Waals surface area contributed by atoms with E-state index in [4.69, 9.17) is 0 Å². The molecule has 1 amide bonds. The van der Waals surface area contributed by atoms with Gasteiger partial charge >= 0.3 is 0 Å². The van der Waals surface area contributed by atoms with Gasteiger partial charge in [-0.15, -0.1) is 0 Å². The third kappa shape index (κ3) is 3.61. The molecule has 1 saturated heterocycles. The van der Waals surface area contributed by atoms with Crippen LogP contribution in [0.3, 0.4) is 0 Å². The Hall–Kier alpha value is -2.14. The van der Waals surface area contributed by atoms with Gasteiger partial charge in [0.1, 0.15) is 0 Å². The zero-order valence-corrected chi connectivity index (χ0v) is 14.6. The van der Waals surface area contributed by atoms with Crippen LogP contribution in [-0.4, -0.2) is 47.2 Å². The Morgan fingerprint density at radius 1 is 1.24 bits per heavy atom. The van der Waals surface area contributed by atoms with Gasteiger partial charge in [0.2, 0.25) is 5.91 Å². The van der Waals surface area contributed by atoms with Gasteiger partial charge in [-0.3, -0.25) is 9.89 Å². The van der Waals surface area contributed by atoms with Crippen LogP contribution >= 0.6 is 0 Å². The van der Waals surface area contributed by atoms with Gasteiger partial charge in [0, 0.05) is 35.8 Å². The van der Waals surface area contributed by atoms with E-state index in [9.17, 15) is 4.79 Å². The van der Waals surface area contributed by atoms with Gasteiger partial charge in [-0.1, -0.05) is 30.3 Å². The van der Waals surface area contributed by atoms with Crippen LogP contribution < -0.4 is 5.32 Å². The summed E-state index contributed by atoms with van der Waals surface area (Å²) in [5, 5.41) is 10.8. The van der Waals surface area contributed by atoms with E-state index >= 15 is 0 Å². The predicted octanol–water partition coefficient (Wildman–Crippen LogP) is 2.39. The summed E-state index contributed by atoms with van der Waals surface area (Å²) in [6, 6.07) is 10.2. The molecule has 2 aliphatic rings. The van der Waals surface area contributed by atoms with E-state index < -0.39 is 0 Å². The zero-order valence-electron chi connectivity index (χ0n) is 14.6. The first-order valence-corrected chi connectivity index (χ1v) is 9.43. The number of benzene rings is 1. The van der Waals surface area contributed by atoms with Gasteiger partial charge in [-0.05, 0) is 45.2 Å². The Kier molecular flexibility index (Phi) is 4.83. The van der Waals surface area contributed by atoms with E-state index in [0.717, 1.165) is 43.6 Å². The number of hydrogen-bond donors (Lipinski definition) is 2. The normalized spacial score (nSPS) is 20.4. The molecule has 0 unspecified atom stereocenters. The maximum absolute atomic E-state index is 12.6. The minimum Gasteiger partial charge on any atom is -0.355 e. The van der Waals surface area contributed by atoms with Gasteiger partial charge in [0.15, 0.2) is 0 Å². The number of rotatable bonds is 5. The smallest absolute Gasteiger partial charge is 0.223 e. The first kappa shape index (κ1) is 16.3. The quantitative estimate of drug-likeness (QED) is 0.880. The molecule has 1 aromatic heterocycles. The standard InChI is InChI=1S/C20H26N4O/c25-20(21-10-13-24-11-4-5-12-24)16-8-9-18-17(14-16)19(23-22-18)15-6-2-1-3-7-15/h1-3,6-7,16H,4-5,8-14H2,(H,21,25)(H,22,23)/t16-/m1/s1. The molecule has 1 aromatic carbocycles. The fraction of sp³-hybridized carbons (Fsp3) is 0.500. The average molecular weight is 338 g/mol. The Morgan fingerprint density at radius 3 is 2.84 bits per heavy atom. The molecule has 25 heavy (non-hydrogen) atoms. The molecular formula is C20H26N4O. The number of aromatic nitrogens is 2. The first-order valence-electron chi connectivity index (χ1n) is 9.43. The zero-order chi connectivity index (χ0) is 17.1. The molecule has 2 N–H and O–H groups in total. The highest BCUT2D eigenvalue weighted by Crippen LogP contribution is 2.32. The molecule has 1 fully saturated rings. The number of aryl methyl sites for hydroxylation is 1. The Labute approximate surface area is 148 Å². The summed E-state index contributed by atoms with van der Waals surface area (Å²) in [6.07, 6.45) is 5.17. The van der Waals surface area contributed by atoms with Crippen molar-refractivity contribution in [1.82, 2.24) is 20.4 Å². The van der Waals surface area contributed by atoms with Crippen LogP contribution in [0.4, 0.5) is 0 Å². The van der Waals surface area contributed by atoms with E-state index in [-0.39, 0.29) is 11.8 Å².